The Kier molecular flexibility index (Phi) is 5.72. The second-order valence-corrected chi connectivity index (χ2v) is 5.75. The summed E-state index contributed by atoms with van der Waals surface area (Å²) in [4.78, 5) is 27.7. The highest BCUT2D eigenvalue weighted by Crippen LogP contribution is 2.08. The molecule has 0 saturated carbocycles. The van der Waals surface area contributed by atoms with Crippen LogP contribution < -0.4 is 5.32 Å². The molecule has 1 N–H and O–H groups in total. The summed E-state index contributed by atoms with van der Waals surface area (Å²) in [6.07, 6.45) is 0. The van der Waals surface area contributed by atoms with E-state index in [0.717, 1.165) is 11.1 Å². The van der Waals surface area contributed by atoms with E-state index in [-0.39, 0.29) is 24.9 Å². The van der Waals surface area contributed by atoms with Crippen LogP contribution >= 0.6 is 0 Å². The predicted octanol–water partition coefficient (Wildman–Crippen LogP) is 1.02. The molecule has 0 aliphatic carbocycles. The van der Waals surface area contributed by atoms with Gasteiger partial charge < -0.3 is 10.2 Å². The zero-order valence-electron chi connectivity index (χ0n) is 13.0. The topological polar surface area (TPSA) is 52.7 Å². The van der Waals surface area contributed by atoms with E-state index in [1.807, 2.05) is 42.2 Å². The normalized spacial score (nSPS) is 15.2. The number of carbonyl (C=O) groups is 2. The summed E-state index contributed by atoms with van der Waals surface area (Å²) in [7, 11) is 0. The van der Waals surface area contributed by atoms with Gasteiger partial charge in [-0.1, -0.05) is 42.5 Å². The number of amides is 2. The molecule has 0 spiro atoms. The predicted molar refractivity (Wildman–Crippen MR) is 86.1 cm³/mol. The maximum atomic E-state index is 12.6. The molecule has 5 nitrogen and oxygen atoms in total. The molecule has 118 valence electrons. The fourth-order valence-corrected chi connectivity index (χ4v) is 2.48. The summed E-state index contributed by atoms with van der Waals surface area (Å²) in [5.41, 5.74) is 2.04. The van der Waals surface area contributed by atoms with Crippen molar-refractivity contribution in [3.63, 3.8) is 0 Å². The number of nitrogens with one attached hydrogen (secondary N) is 1. The second-order valence-electron chi connectivity index (χ2n) is 5.75. The van der Waals surface area contributed by atoms with Gasteiger partial charge in [-0.3, -0.25) is 14.5 Å². The summed E-state index contributed by atoms with van der Waals surface area (Å²) in [6, 6.07) is 9.91. The van der Waals surface area contributed by atoms with E-state index in [1.54, 1.807) is 4.90 Å². The van der Waals surface area contributed by atoms with E-state index in [9.17, 15) is 9.59 Å². The van der Waals surface area contributed by atoms with Crippen molar-refractivity contribution in [1.82, 2.24) is 15.1 Å². The van der Waals surface area contributed by atoms with Crippen LogP contribution in [0.1, 0.15) is 12.5 Å². The van der Waals surface area contributed by atoms with E-state index in [1.165, 1.54) is 0 Å². The Morgan fingerprint density at radius 1 is 1.36 bits per heavy atom. The third-order valence-corrected chi connectivity index (χ3v) is 3.51. The van der Waals surface area contributed by atoms with Crippen LogP contribution in [0.4, 0.5) is 0 Å². The molecule has 0 aromatic heterocycles. The first-order valence-electron chi connectivity index (χ1n) is 7.49. The lowest BCUT2D eigenvalue weighted by Crippen LogP contribution is -2.51. The van der Waals surface area contributed by atoms with E-state index in [4.69, 9.17) is 0 Å². The molecule has 5 heteroatoms. The Morgan fingerprint density at radius 2 is 2.09 bits per heavy atom. The minimum absolute atomic E-state index is 0.0199. The molecule has 1 aliphatic heterocycles. The van der Waals surface area contributed by atoms with Crippen molar-refractivity contribution in [1.29, 1.82) is 0 Å². The molecule has 1 aromatic carbocycles. The first-order chi connectivity index (χ1) is 10.5. The Bertz CT molecular complexity index is 542. The first-order valence-corrected chi connectivity index (χ1v) is 7.49. The molecule has 2 rings (SSSR count). The average Bonchev–Trinajstić information content (AvgIpc) is 2.47. The number of hydrogen-bond donors (Lipinski definition) is 1. The monoisotopic (exact) mass is 301 g/mol. The van der Waals surface area contributed by atoms with Gasteiger partial charge in [-0.05, 0) is 12.5 Å². The highest BCUT2D eigenvalue weighted by atomic mass is 16.2. The van der Waals surface area contributed by atoms with Crippen molar-refractivity contribution < 1.29 is 9.59 Å². The number of piperazine rings is 1. The standard InChI is InChI=1S/C17H23N3O2/c1-14(2)10-20(11-15-6-4-3-5-7-15)17(22)13-19-9-8-18-16(21)12-19/h3-7H,1,8-13H2,2H3,(H,18,21). The SMILES string of the molecule is C=C(C)CN(Cc1ccccc1)C(=O)CN1CCNC(=O)C1. The van der Waals surface area contributed by atoms with Gasteiger partial charge in [0, 0.05) is 26.2 Å². The fourth-order valence-electron chi connectivity index (χ4n) is 2.48. The van der Waals surface area contributed by atoms with Crippen molar-refractivity contribution >= 4 is 11.8 Å². The van der Waals surface area contributed by atoms with E-state index < -0.39 is 0 Å². The molecular formula is C17H23N3O2. The average molecular weight is 301 g/mol. The minimum atomic E-state index is -0.0199. The van der Waals surface area contributed by atoms with Crippen LogP contribution in [0.15, 0.2) is 42.5 Å². The number of nitrogens with zero attached hydrogens (tertiary/aromatic N) is 2. The van der Waals surface area contributed by atoms with E-state index in [0.29, 0.717) is 26.2 Å². The van der Waals surface area contributed by atoms with Gasteiger partial charge in [0.05, 0.1) is 13.1 Å². The fraction of sp³-hybridized carbons (Fsp3) is 0.412. The van der Waals surface area contributed by atoms with Gasteiger partial charge in [-0.25, -0.2) is 0 Å². The summed E-state index contributed by atoms with van der Waals surface area (Å²) in [6.45, 7) is 8.80. The lowest BCUT2D eigenvalue weighted by molar-refractivity contribution is -0.134. The van der Waals surface area contributed by atoms with E-state index in [2.05, 4.69) is 11.9 Å². The number of benzene rings is 1. The van der Waals surface area contributed by atoms with Gasteiger partial charge in [0.25, 0.3) is 0 Å². The van der Waals surface area contributed by atoms with Gasteiger partial charge in [0.1, 0.15) is 0 Å². The third-order valence-electron chi connectivity index (χ3n) is 3.51. The van der Waals surface area contributed by atoms with Gasteiger partial charge in [0.2, 0.25) is 11.8 Å². The summed E-state index contributed by atoms with van der Waals surface area (Å²) < 4.78 is 0. The largest absolute Gasteiger partial charge is 0.354 e. The second kappa shape index (κ2) is 7.75. The third kappa shape index (κ3) is 5.00. The van der Waals surface area contributed by atoms with Crippen molar-refractivity contribution in [3.8, 4) is 0 Å². The number of carbonyl (C=O) groups excluding carboxylic acids is 2. The maximum absolute atomic E-state index is 12.6. The molecule has 1 aliphatic rings. The Balaban J connectivity index is 1.99. The molecule has 1 heterocycles. The molecule has 1 fully saturated rings. The van der Waals surface area contributed by atoms with Crippen LogP contribution in [0.25, 0.3) is 0 Å². The number of rotatable bonds is 6. The Hall–Kier alpha value is -2.14. The molecule has 0 bridgehead atoms. The highest BCUT2D eigenvalue weighted by molar-refractivity contribution is 5.82. The molecule has 1 aromatic rings. The maximum Gasteiger partial charge on any atom is 0.237 e. The zero-order valence-corrected chi connectivity index (χ0v) is 13.0. The van der Waals surface area contributed by atoms with Gasteiger partial charge in [-0.15, -0.1) is 0 Å². The number of hydrogen-bond acceptors (Lipinski definition) is 3. The molecule has 0 atom stereocenters. The van der Waals surface area contributed by atoms with Gasteiger partial charge in [-0.2, -0.15) is 0 Å². The van der Waals surface area contributed by atoms with Crippen LogP contribution in [0, 0.1) is 0 Å². The Morgan fingerprint density at radius 3 is 2.73 bits per heavy atom. The first kappa shape index (κ1) is 16.2. The molecule has 22 heavy (non-hydrogen) atoms. The van der Waals surface area contributed by atoms with Crippen LogP contribution in [0.3, 0.4) is 0 Å². The van der Waals surface area contributed by atoms with Crippen LogP contribution in [-0.4, -0.2) is 54.3 Å². The molecule has 0 unspecified atom stereocenters. The van der Waals surface area contributed by atoms with Crippen LogP contribution in [-0.2, 0) is 16.1 Å². The minimum Gasteiger partial charge on any atom is -0.354 e. The van der Waals surface area contributed by atoms with Gasteiger partial charge in [0.15, 0.2) is 0 Å². The van der Waals surface area contributed by atoms with Crippen LogP contribution in [0.5, 0.6) is 0 Å². The van der Waals surface area contributed by atoms with Crippen molar-refractivity contribution in [2.45, 2.75) is 13.5 Å². The molecular weight excluding hydrogens is 278 g/mol. The van der Waals surface area contributed by atoms with E-state index >= 15 is 0 Å². The summed E-state index contributed by atoms with van der Waals surface area (Å²) in [5.74, 6) is 0.00936. The van der Waals surface area contributed by atoms with Crippen molar-refractivity contribution in [2.24, 2.45) is 0 Å². The zero-order chi connectivity index (χ0) is 15.9. The molecule has 0 radical (unpaired) electrons. The van der Waals surface area contributed by atoms with Crippen LogP contribution in [0.2, 0.25) is 0 Å². The van der Waals surface area contributed by atoms with Crippen molar-refractivity contribution in [2.75, 3.05) is 32.7 Å². The lowest BCUT2D eigenvalue weighted by atomic mass is 10.2. The Labute approximate surface area is 131 Å². The highest BCUT2D eigenvalue weighted by Gasteiger charge is 2.22. The summed E-state index contributed by atoms with van der Waals surface area (Å²) >= 11 is 0. The molecule has 1 saturated heterocycles. The lowest BCUT2D eigenvalue weighted by Gasteiger charge is -2.29. The van der Waals surface area contributed by atoms with Crippen molar-refractivity contribution in [3.05, 3.63) is 48.0 Å². The molecule has 2 amide bonds. The summed E-state index contributed by atoms with van der Waals surface area (Å²) in [5, 5.41) is 2.77. The van der Waals surface area contributed by atoms with Gasteiger partial charge >= 0.3 is 0 Å². The quantitative estimate of drug-likeness (QED) is 0.798. The smallest absolute Gasteiger partial charge is 0.237 e.